The van der Waals surface area contributed by atoms with Crippen LogP contribution in [-0.4, -0.2) is 11.1 Å². The first-order valence-corrected chi connectivity index (χ1v) is 9.73. The van der Waals surface area contributed by atoms with Crippen LogP contribution in [0.4, 0.5) is 0 Å². The molecule has 0 spiro atoms. The molecule has 0 saturated heterocycles. The van der Waals surface area contributed by atoms with Gasteiger partial charge in [0, 0.05) is 6.42 Å². The molecule has 138 valence electrons. The van der Waals surface area contributed by atoms with Crippen LogP contribution in [0.2, 0.25) is 0 Å². The van der Waals surface area contributed by atoms with Gasteiger partial charge < -0.3 is 5.11 Å². The lowest BCUT2D eigenvalue weighted by Crippen LogP contribution is -2.03. The largest absolute Gasteiger partial charge is 0.481 e. The van der Waals surface area contributed by atoms with Gasteiger partial charge in [-0.2, -0.15) is 0 Å². The zero-order chi connectivity index (χ0) is 18.0. The second-order valence-corrected chi connectivity index (χ2v) is 6.92. The summed E-state index contributed by atoms with van der Waals surface area (Å²) in [6, 6.07) is 0. The maximum atomic E-state index is 10.6. The Hall–Kier alpha value is -1.31. The van der Waals surface area contributed by atoms with Crippen LogP contribution in [-0.2, 0) is 4.79 Å². The number of carbonyl (C=O) groups is 1. The monoisotopic (exact) mass is 334 g/mol. The number of carboxylic acid groups (broad SMARTS) is 1. The summed E-state index contributed by atoms with van der Waals surface area (Å²) in [6.07, 6.45) is 23.4. The third-order valence-electron chi connectivity index (χ3n) is 4.19. The highest BCUT2D eigenvalue weighted by Crippen LogP contribution is 2.13. The van der Waals surface area contributed by atoms with E-state index in [9.17, 15) is 4.79 Å². The van der Waals surface area contributed by atoms with E-state index in [-0.39, 0.29) is 0 Å². The molecule has 0 fully saturated rings. The van der Waals surface area contributed by atoms with E-state index in [4.69, 9.17) is 5.11 Å². The molecule has 24 heavy (non-hydrogen) atoms. The first-order valence-electron chi connectivity index (χ1n) is 9.73. The number of carboxylic acids is 1. The lowest BCUT2D eigenvalue weighted by molar-refractivity contribution is -0.138. The van der Waals surface area contributed by atoms with Crippen molar-refractivity contribution in [2.24, 2.45) is 5.92 Å². The molecule has 0 aromatic heterocycles. The number of aliphatic carboxylic acids is 1. The van der Waals surface area contributed by atoms with Gasteiger partial charge in [0.25, 0.3) is 0 Å². The third-order valence-corrected chi connectivity index (χ3v) is 4.19. The van der Waals surface area contributed by atoms with Crippen molar-refractivity contribution in [3.63, 3.8) is 0 Å². The molecular formula is C22H38O2. The molecule has 0 rings (SSSR count). The van der Waals surface area contributed by atoms with Crippen molar-refractivity contribution in [1.82, 2.24) is 0 Å². The number of allylic oxidation sites excluding steroid dienone is 6. The van der Waals surface area contributed by atoms with Gasteiger partial charge in [0.1, 0.15) is 0 Å². The molecule has 2 nitrogen and oxygen atoms in total. The average Bonchev–Trinajstić information content (AvgIpc) is 2.52. The second kappa shape index (κ2) is 16.5. The predicted molar refractivity (Wildman–Crippen MR) is 105 cm³/mol. The van der Waals surface area contributed by atoms with Crippen LogP contribution in [0.25, 0.3) is 0 Å². The lowest BCUT2D eigenvalue weighted by Gasteiger charge is -2.06. The maximum absolute atomic E-state index is 10.6. The lowest BCUT2D eigenvalue weighted by atomic mass is 10.00. The van der Waals surface area contributed by atoms with Gasteiger partial charge in [-0.05, 0) is 51.4 Å². The van der Waals surface area contributed by atoms with Crippen molar-refractivity contribution in [3.05, 3.63) is 36.0 Å². The van der Waals surface area contributed by atoms with Crippen LogP contribution in [0, 0.1) is 5.92 Å². The van der Waals surface area contributed by atoms with Crippen LogP contribution in [0.5, 0.6) is 0 Å². The van der Waals surface area contributed by atoms with E-state index < -0.39 is 5.97 Å². The highest BCUT2D eigenvalue weighted by atomic mass is 16.4. The number of hydrogen-bond acceptors (Lipinski definition) is 1. The molecule has 0 aromatic rings. The molecule has 0 aliphatic carbocycles. The van der Waals surface area contributed by atoms with E-state index in [0.717, 1.165) is 38.5 Å². The predicted octanol–water partition coefficient (Wildman–Crippen LogP) is 7.08. The molecule has 1 atom stereocenters. The Labute approximate surface area is 149 Å². The minimum Gasteiger partial charge on any atom is -0.481 e. The van der Waals surface area contributed by atoms with Gasteiger partial charge in [-0.25, -0.2) is 0 Å². The molecule has 0 saturated carbocycles. The average molecular weight is 335 g/mol. The van der Waals surface area contributed by atoms with E-state index in [1.807, 2.05) is 6.92 Å². The molecule has 0 aromatic carbocycles. The molecular weight excluding hydrogens is 296 g/mol. The number of rotatable bonds is 15. The topological polar surface area (TPSA) is 37.3 Å². The fraction of sp³-hybridized carbons (Fsp3) is 0.682. The zero-order valence-corrected chi connectivity index (χ0v) is 16.1. The minimum absolute atomic E-state index is 0.298. The van der Waals surface area contributed by atoms with Crippen LogP contribution in [0.1, 0.15) is 91.4 Å². The SMILES string of the molecule is CCCCC/C=C/C/C(C)=C/C/C=C/CCCCC(C)CC(=O)O. The van der Waals surface area contributed by atoms with E-state index in [2.05, 4.69) is 44.2 Å². The normalized spacial score (nSPS) is 13.9. The van der Waals surface area contributed by atoms with E-state index in [1.54, 1.807) is 0 Å². The number of hydrogen-bond donors (Lipinski definition) is 1. The highest BCUT2D eigenvalue weighted by Gasteiger charge is 2.06. The Bertz CT molecular complexity index is 391. The van der Waals surface area contributed by atoms with Gasteiger partial charge >= 0.3 is 5.97 Å². The summed E-state index contributed by atoms with van der Waals surface area (Å²) in [5, 5.41) is 8.71. The number of unbranched alkanes of at least 4 members (excludes halogenated alkanes) is 5. The smallest absolute Gasteiger partial charge is 0.303 e. The van der Waals surface area contributed by atoms with Crippen molar-refractivity contribution in [2.75, 3.05) is 0 Å². The van der Waals surface area contributed by atoms with Crippen molar-refractivity contribution in [3.8, 4) is 0 Å². The molecule has 0 aliphatic heterocycles. The molecule has 1 unspecified atom stereocenters. The quantitative estimate of drug-likeness (QED) is 0.257. The Morgan fingerprint density at radius 3 is 2.33 bits per heavy atom. The van der Waals surface area contributed by atoms with Crippen molar-refractivity contribution in [2.45, 2.75) is 91.4 Å². The molecule has 2 heteroatoms. The van der Waals surface area contributed by atoms with Crippen molar-refractivity contribution < 1.29 is 9.90 Å². The Kier molecular flexibility index (Phi) is 15.6. The summed E-state index contributed by atoms with van der Waals surface area (Å²) in [5.41, 5.74) is 1.44. The van der Waals surface area contributed by atoms with Crippen molar-refractivity contribution >= 4 is 5.97 Å². The summed E-state index contributed by atoms with van der Waals surface area (Å²) >= 11 is 0. The molecule has 0 amide bonds. The Morgan fingerprint density at radius 2 is 1.67 bits per heavy atom. The molecule has 1 N–H and O–H groups in total. The fourth-order valence-electron chi connectivity index (χ4n) is 2.62. The summed E-state index contributed by atoms with van der Waals surface area (Å²) in [7, 11) is 0. The molecule has 0 radical (unpaired) electrons. The Balaban J connectivity index is 3.60. The summed E-state index contributed by atoms with van der Waals surface area (Å²) in [6.45, 7) is 6.47. The molecule has 0 bridgehead atoms. The fourth-order valence-corrected chi connectivity index (χ4v) is 2.62. The second-order valence-electron chi connectivity index (χ2n) is 6.92. The van der Waals surface area contributed by atoms with E-state index in [0.29, 0.717) is 12.3 Å². The van der Waals surface area contributed by atoms with Crippen LogP contribution in [0.15, 0.2) is 36.0 Å². The minimum atomic E-state index is -0.680. The maximum Gasteiger partial charge on any atom is 0.303 e. The van der Waals surface area contributed by atoms with E-state index >= 15 is 0 Å². The molecule has 0 aliphatic rings. The van der Waals surface area contributed by atoms with Gasteiger partial charge in [0.05, 0.1) is 0 Å². The van der Waals surface area contributed by atoms with Gasteiger partial charge in [0.2, 0.25) is 0 Å². The van der Waals surface area contributed by atoms with Crippen LogP contribution >= 0.6 is 0 Å². The van der Waals surface area contributed by atoms with Gasteiger partial charge in [-0.1, -0.05) is 75.5 Å². The first-order chi connectivity index (χ1) is 11.6. The highest BCUT2D eigenvalue weighted by molar-refractivity contribution is 5.66. The van der Waals surface area contributed by atoms with Crippen LogP contribution < -0.4 is 0 Å². The summed E-state index contributed by atoms with van der Waals surface area (Å²) in [4.78, 5) is 10.6. The van der Waals surface area contributed by atoms with Crippen molar-refractivity contribution in [1.29, 1.82) is 0 Å². The van der Waals surface area contributed by atoms with Gasteiger partial charge in [-0.3, -0.25) is 4.79 Å². The van der Waals surface area contributed by atoms with Gasteiger partial charge in [0.15, 0.2) is 0 Å². The standard InChI is InChI=1S/C22H38O2/c1-4-5-6-7-10-13-16-20(2)17-14-11-8-9-12-15-18-21(3)19-22(23)24/h8,10-11,13,17,21H,4-7,9,12,14-16,18-19H2,1-3H3,(H,23,24)/b11-8+,13-10+,20-17+. The summed E-state index contributed by atoms with van der Waals surface area (Å²) in [5.74, 6) is -0.382. The summed E-state index contributed by atoms with van der Waals surface area (Å²) < 4.78 is 0. The Morgan fingerprint density at radius 1 is 1.00 bits per heavy atom. The third kappa shape index (κ3) is 17.1. The van der Waals surface area contributed by atoms with Gasteiger partial charge in [-0.15, -0.1) is 0 Å². The first kappa shape index (κ1) is 22.7. The zero-order valence-electron chi connectivity index (χ0n) is 16.1. The van der Waals surface area contributed by atoms with Crippen LogP contribution in [0.3, 0.4) is 0 Å². The molecule has 0 heterocycles. The van der Waals surface area contributed by atoms with E-state index in [1.165, 1.54) is 31.3 Å².